The van der Waals surface area contributed by atoms with Crippen LogP contribution in [0.4, 0.5) is 0 Å². The van der Waals surface area contributed by atoms with Crippen LogP contribution < -0.4 is 5.32 Å². The Bertz CT molecular complexity index is 425. The maximum absolute atomic E-state index is 3.56. The van der Waals surface area contributed by atoms with Crippen LogP contribution in [0.2, 0.25) is 0 Å². The van der Waals surface area contributed by atoms with Crippen molar-refractivity contribution in [2.24, 2.45) is 0 Å². The monoisotopic (exact) mass is 227 g/mol. The highest BCUT2D eigenvalue weighted by atomic mass is 14.9. The fourth-order valence-electron chi connectivity index (χ4n) is 2.25. The van der Waals surface area contributed by atoms with E-state index in [1.807, 2.05) is 0 Å². The first-order valence-electron chi connectivity index (χ1n) is 6.82. The first kappa shape index (κ1) is 11.0. The van der Waals surface area contributed by atoms with E-state index in [-0.39, 0.29) is 0 Å². The standard InChI is InChI=1S/C16H21N/c1-12(11-17-16-7-8-16)9-13-3-2-4-15(10-13)14-5-6-14/h2-4,9-10,14,16-17H,5-8,11H2,1H3. The molecule has 0 unspecified atom stereocenters. The maximum atomic E-state index is 3.56. The third-order valence-electron chi connectivity index (χ3n) is 3.62. The summed E-state index contributed by atoms with van der Waals surface area (Å²) in [4.78, 5) is 0. The summed E-state index contributed by atoms with van der Waals surface area (Å²) >= 11 is 0. The molecule has 0 saturated heterocycles. The molecule has 17 heavy (non-hydrogen) atoms. The Balaban J connectivity index is 1.64. The molecule has 2 aliphatic rings. The third kappa shape index (κ3) is 3.19. The predicted octanol–water partition coefficient (Wildman–Crippen LogP) is 3.72. The van der Waals surface area contributed by atoms with Gasteiger partial charge in [-0.3, -0.25) is 0 Å². The van der Waals surface area contributed by atoms with Crippen LogP contribution in [0.15, 0.2) is 29.8 Å². The Morgan fingerprint density at radius 1 is 1.29 bits per heavy atom. The molecule has 0 amide bonds. The van der Waals surface area contributed by atoms with Crippen molar-refractivity contribution in [2.45, 2.75) is 44.6 Å². The summed E-state index contributed by atoms with van der Waals surface area (Å²) < 4.78 is 0. The molecule has 2 saturated carbocycles. The lowest BCUT2D eigenvalue weighted by molar-refractivity contribution is 0.736. The normalized spacial score (nSPS) is 20.6. The minimum atomic E-state index is 0.802. The first-order valence-corrected chi connectivity index (χ1v) is 6.82. The Morgan fingerprint density at radius 2 is 2.12 bits per heavy atom. The second kappa shape index (κ2) is 4.66. The summed E-state index contributed by atoms with van der Waals surface area (Å²) in [5.41, 5.74) is 4.33. The largest absolute Gasteiger partial charge is 0.310 e. The van der Waals surface area contributed by atoms with Gasteiger partial charge in [0.2, 0.25) is 0 Å². The molecular formula is C16H21N. The van der Waals surface area contributed by atoms with E-state index >= 15 is 0 Å². The van der Waals surface area contributed by atoms with Crippen LogP contribution in [0.25, 0.3) is 6.08 Å². The zero-order valence-corrected chi connectivity index (χ0v) is 10.6. The zero-order chi connectivity index (χ0) is 11.7. The quantitative estimate of drug-likeness (QED) is 0.808. The maximum Gasteiger partial charge on any atom is 0.0167 e. The van der Waals surface area contributed by atoms with E-state index in [1.54, 1.807) is 0 Å². The average molecular weight is 227 g/mol. The molecule has 1 N–H and O–H groups in total. The average Bonchev–Trinajstić information content (AvgIpc) is 3.17. The van der Waals surface area contributed by atoms with Gasteiger partial charge in [0.1, 0.15) is 0 Å². The van der Waals surface area contributed by atoms with E-state index in [0.29, 0.717) is 0 Å². The van der Waals surface area contributed by atoms with Crippen LogP contribution in [-0.4, -0.2) is 12.6 Å². The van der Waals surface area contributed by atoms with Crippen LogP contribution >= 0.6 is 0 Å². The summed E-state index contributed by atoms with van der Waals surface area (Å²) in [5, 5.41) is 3.56. The Morgan fingerprint density at radius 3 is 2.82 bits per heavy atom. The van der Waals surface area contributed by atoms with E-state index in [1.165, 1.54) is 42.4 Å². The molecule has 0 heterocycles. The van der Waals surface area contributed by atoms with E-state index in [0.717, 1.165) is 18.5 Å². The molecule has 1 heteroatoms. The van der Waals surface area contributed by atoms with Gasteiger partial charge in [-0.25, -0.2) is 0 Å². The number of hydrogen-bond acceptors (Lipinski definition) is 1. The van der Waals surface area contributed by atoms with Crippen molar-refractivity contribution in [2.75, 3.05) is 6.54 Å². The number of hydrogen-bond donors (Lipinski definition) is 1. The number of benzene rings is 1. The van der Waals surface area contributed by atoms with Gasteiger partial charge in [0.25, 0.3) is 0 Å². The molecule has 0 radical (unpaired) electrons. The molecule has 3 rings (SSSR count). The van der Waals surface area contributed by atoms with Gasteiger partial charge in [-0.2, -0.15) is 0 Å². The van der Waals surface area contributed by atoms with Gasteiger partial charge in [0.05, 0.1) is 0 Å². The first-order chi connectivity index (χ1) is 8.31. The second-order valence-corrected chi connectivity index (χ2v) is 5.59. The van der Waals surface area contributed by atoms with Gasteiger partial charge in [-0.1, -0.05) is 35.9 Å². The molecule has 0 aliphatic heterocycles. The Kier molecular flexibility index (Phi) is 3.02. The van der Waals surface area contributed by atoms with Crippen molar-refractivity contribution >= 4 is 6.08 Å². The van der Waals surface area contributed by atoms with Crippen molar-refractivity contribution < 1.29 is 0 Å². The van der Waals surface area contributed by atoms with E-state index in [4.69, 9.17) is 0 Å². The second-order valence-electron chi connectivity index (χ2n) is 5.59. The molecular weight excluding hydrogens is 206 g/mol. The number of nitrogens with one attached hydrogen (secondary N) is 1. The smallest absolute Gasteiger partial charge is 0.0167 e. The van der Waals surface area contributed by atoms with E-state index in [2.05, 4.69) is 42.6 Å². The Labute approximate surface area is 104 Å². The van der Waals surface area contributed by atoms with Gasteiger partial charge < -0.3 is 5.32 Å². The summed E-state index contributed by atoms with van der Waals surface area (Å²) in [6, 6.07) is 9.84. The van der Waals surface area contributed by atoms with Gasteiger partial charge in [0.15, 0.2) is 0 Å². The molecule has 0 bridgehead atoms. The van der Waals surface area contributed by atoms with Gasteiger partial charge in [0, 0.05) is 12.6 Å². The predicted molar refractivity (Wildman–Crippen MR) is 73.1 cm³/mol. The molecule has 1 nitrogen and oxygen atoms in total. The van der Waals surface area contributed by atoms with Crippen molar-refractivity contribution in [1.29, 1.82) is 0 Å². The molecule has 1 aromatic rings. The van der Waals surface area contributed by atoms with Gasteiger partial charge in [-0.05, 0) is 49.7 Å². The fraction of sp³-hybridized carbons (Fsp3) is 0.500. The third-order valence-corrected chi connectivity index (χ3v) is 3.62. The van der Waals surface area contributed by atoms with E-state index in [9.17, 15) is 0 Å². The summed E-state index contributed by atoms with van der Waals surface area (Å²) in [5.74, 6) is 0.855. The fourth-order valence-corrected chi connectivity index (χ4v) is 2.25. The van der Waals surface area contributed by atoms with Crippen LogP contribution in [0.5, 0.6) is 0 Å². The number of rotatable bonds is 5. The molecule has 1 aromatic carbocycles. The lowest BCUT2D eigenvalue weighted by Gasteiger charge is -2.04. The summed E-state index contributed by atoms with van der Waals surface area (Å²) in [6.07, 6.45) is 7.82. The lowest BCUT2D eigenvalue weighted by atomic mass is 10.1. The van der Waals surface area contributed by atoms with Crippen LogP contribution in [0, 0.1) is 0 Å². The minimum Gasteiger partial charge on any atom is -0.310 e. The molecule has 0 atom stereocenters. The lowest BCUT2D eigenvalue weighted by Crippen LogP contribution is -2.18. The highest BCUT2D eigenvalue weighted by Crippen LogP contribution is 2.40. The van der Waals surface area contributed by atoms with Crippen molar-refractivity contribution in [3.63, 3.8) is 0 Å². The van der Waals surface area contributed by atoms with Crippen molar-refractivity contribution in [1.82, 2.24) is 5.32 Å². The minimum absolute atomic E-state index is 0.802. The van der Waals surface area contributed by atoms with Crippen molar-refractivity contribution in [3.05, 3.63) is 41.0 Å². The molecule has 2 aliphatic carbocycles. The molecule has 90 valence electrons. The SMILES string of the molecule is CC(=Cc1cccc(C2CC2)c1)CNC1CC1. The van der Waals surface area contributed by atoms with Crippen LogP contribution in [-0.2, 0) is 0 Å². The van der Waals surface area contributed by atoms with Gasteiger partial charge in [-0.15, -0.1) is 0 Å². The van der Waals surface area contributed by atoms with Crippen LogP contribution in [0.3, 0.4) is 0 Å². The zero-order valence-electron chi connectivity index (χ0n) is 10.6. The van der Waals surface area contributed by atoms with Crippen molar-refractivity contribution in [3.8, 4) is 0 Å². The Hall–Kier alpha value is -1.08. The molecule has 0 aromatic heterocycles. The van der Waals surface area contributed by atoms with Crippen LogP contribution in [0.1, 0.15) is 49.7 Å². The topological polar surface area (TPSA) is 12.0 Å². The molecule has 0 spiro atoms. The highest BCUT2D eigenvalue weighted by Gasteiger charge is 2.23. The molecule has 2 fully saturated rings. The summed E-state index contributed by atoms with van der Waals surface area (Å²) in [7, 11) is 0. The summed E-state index contributed by atoms with van der Waals surface area (Å²) in [6.45, 7) is 3.26. The highest BCUT2D eigenvalue weighted by molar-refractivity contribution is 5.54. The van der Waals surface area contributed by atoms with Gasteiger partial charge >= 0.3 is 0 Å². The van der Waals surface area contributed by atoms with E-state index < -0.39 is 0 Å².